The first-order chi connectivity index (χ1) is 5.31. The van der Waals surface area contributed by atoms with Gasteiger partial charge in [-0.3, -0.25) is 0 Å². The number of halogens is 1. The Kier molecular flexibility index (Phi) is 8.54. The minimum Gasteiger partial charge on any atom is -0.316 e. The summed E-state index contributed by atoms with van der Waals surface area (Å²) in [7, 11) is 0. The van der Waals surface area contributed by atoms with Crippen molar-refractivity contribution < 1.29 is 0 Å². The van der Waals surface area contributed by atoms with Crippen LogP contribution in [0, 0.1) is 5.92 Å². The Balaban J connectivity index is 2.89. The predicted octanol–water partition coefficient (Wildman–Crippen LogP) is 2.64. The molecule has 0 saturated carbocycles. The van der Waals surface area contributed by atoms with Crippen molar-refractivity contribution in [3.63, 3.8) is 0 Å². The molecule has 0 aromatic heterocycles. The topological polar surface area (TPSA) is 12.0 Å². The zero-order valence-corrected chi connectivity index (χ0v) is 8.45. The summed E-state index contributed by atoms with van der Waals surface area (Å²) in [6.45, 7) is 6.60. The summed E-state index contributed by atoms with van der Waals surface area (Å²) in [6.07, 6.45) is 3.93. The summed E-state index contributed by atoms with van der Waals surface area (Å²) in [5.41, 5.74) is 0. The van der Waals surface area contributed by atoms with E-state index in [1.54, 1.807) is 0 Å². The molecule has 1 unspecified atom stereocenters. The van der Waals surface area contributed by atoms with Gasteiger partial charge in [-0.15, -0.1) is 11.6 Å². The zero-order chi connectivity index (χ0) is 8.53. The fourth-order valence-electron chi connectivity index (χ4n) is 0.903. The van der Waals surface area contributed by atoms with E-state index >= 15 is 0 Å². The fourth-order valence-corrected chi connectivity index (χ4v) is 1.01. The molecule has 0 rings (SSSR count). The van der Waals surface area contributed by atoms with Crippen molar-refractivity contribution >= 4 is 11.6 Å². The molecular formula is C9H20ClN. The van der Waals surface area contributed by atoms with Crippen molar-refractivity contribution in [1.82, 2.24) is 5.32 Å². The summed E-state index contributed by atoms with van der Waals surface area (Å²) in [5, 5.41) is 3.39. The molecule has 0 heterocycles. The Morgan fingerprint density at radius 3 is 2.64 bits per heavy atom. The Hall–Kier alpha value is 0.250. The molecule has 68 valence electrons. The van der Waals surface area contributed by atoms with Crippen LogP contribution in [0.2, 0.25) is 0 Å². The zero-order valence-electron chi connectivity index (χ0n) is 7.70. The summed E-state index contributed by atoms with van der Waals surface area (Å²) in [4.78, 5) is 0. The number of unbranched alkanes of at least 4 members (excludes halogenated alkanes) is 2. The molecule has 0 aromatic carbocycles. The third-order valence-electron chi connectivity index (χ3n) is 1.71. The molecule has 0 amide bonds. The first-order valence-corrected chi connectivity index (χ1v) is 5.11. The minimum atomic E-state index is 0.610. The predicted molar refractivity (Wildman–Crippen MR) is 52.3 cm³/mol. The van der Waals surface area contributed by atoms with E-state index in [-0.39, 0.29) is 0 Å². The lowest BCUT2D eigenvalue weighted by atomic mass is 10.2. The van der Waals surface area contributed by atoms with Crippen LogP contribution < -0.4 is 5.32 Å². The molecule has 0 aliphatic heterocycles. The van der Waals surface area contributed by atoms with Crippen LogP contribution in [0.15, 0.2) is 0 Å². The summed E-state index contributed by atoms with van der Waals surface area (Å²) in [6, 6.07) is 0. The van der Waals surface area contributed by atoms with Crippen molar-refractivity contribution in [2.45, 2.75) is 33.1 Å². The third-order valence-corrected chi connectivity index (χ3v) is 2.24. The van der Waals surface area contributed by atoms with E-state index in [0.29, 0.717) is 5.92 Å². The lowest BCUT2D eigenvalue weighted by Crippen LogP contribution is -2.22. The molecule has 0 bridgehead atoms. The molecule has 2 heteroatoms. The van der Waals surface area contributed by atoms with Crippen LogP contribution in [0.3, 0.4) is 0 Å². The van der Waals surface area contributed by atoms with E-state index in [9.17, 15) is 0 Å². The van der Waals surface area contributed by atoms with E-state index in [4.69, 9.17) is 11.6 Å². The third kappa shape index (κ3) is 8.15. The van der Waals surface area contributed by atoms with Gasteiger partial charge in [0, 0.05) is 5.88 Å². The van der Waals surface area contributed by atoms with E-state index in [1.165, 1.54) is 19.3 Å². The molecule has 0 radical (unpaired) electrons. The Labute approximate surface area is 75.5 Å². The minimum absolute atomic E-state index is 0.610. The van der Waals surface area contributed by atoms with Gasteiger partial charge in [0.05, 0.1) is 0 Å². The summed E-state index contributed by atoms with van der Waals surface area (Å²) < 4.78 is 0. The first kappa shape index (κ1) is 11.2. The Bertz CT molecular complexity index is 76.0. The van der Waals surface area contributed by atoms with Gasteiger partial charge in [-0.25, -0.2) is 0 Å². The summed E-state index contributed by atoms with van der Waals surface area (Å²) >= 11 is 5.65. The highest BCUT2D eigenvalue weighted by atomic mass is 35.5. The van der Waals surface area contributed by atoms with Crippen LogP contribution in [0.5, 0.6) is 0 Å². The molecule has 0 aromatic rings. The maximum Gasteiger partial charge on any atom is 0.0261 e. The van der Waals surface area contributed by atoms with Gasteiger partial charge in [0.15, 0.2) is 0 Å². The second kappa shape index (κ2) is 8.35. The lowest BCUT2D eigenvalue weighted by Gasteiger charge is -2.08. The van der Waals surface area contributed by atoms with Crippen molar-refractivity contribution in [3.8, 4) is 0 Å². The average molecular weight is 178 g/mol. The van der Waals surface area contributed by atoms with Gasteiger partial charge >= 0.3 is 0 Å². The first-order valence-electron chi connectivity index (χ1n) is 4.58. The Morgan fingerprint density at radius 2 is 2.09 bits per heavy atom. The molecule has 0 aliphatic carbocycles. The van der Waals surface area contributed by atoms with Gasteiger partial charge in [0.1, 0.15) is 0 Å². The Morgan fingerprint density at radius 1 is 1.36 bits per heavy atom. The quantitative estimate of drug-likeness (QED) is 0.466. The maximum atomic E-state index is 5.65. The molecule has 0 spiro atoms. The van der Waals surface area contributed by atoms with Gasteiger partial charge in [-0.05, 0) is 25.4 Å². The van der Waals surface area contributed by atoms with Crippen LogP contribution in [0.4, 0.5) is 0 Å². The van der Waals surface area contributed by atoms with E-state index in [1.807, 2.05) is 0 Å². The fraction of sp³-hybridized carbons (Fsp3) is 1.00. The lowest BCUT2D eigenvalue weighted by molar-refractivity contribution is 0.537. The van der Waals surface area contributed by atoms with Crippen LogP contribution in [0.1, 0.15) is 33.1 Å². The van der Waals surface area contributed by atoms with Gasteiger partial charge in [-0.1, -0.05) is 26.7 Å². The molecule has 1 atom stereocenters. The molecule has 1 nitrogen and oxygen atoms in total. The maximum absolute atomic E-state index is 5.65. The van der Waals surface area contributed by atoms with Crippen LogP contribution in [-0.4, -0.2) is 19.0 Å². The van der Waals surface area contributed by atoms with Crippen molar-refractivity contribution in [1.29, 1.82) is 0 Å². The number of hydrogen-bond donors (Lipinski definition) is 1. The van der Waals surface area contributed by atoms with Crippen molar-refractivity contribution in [2.24, 2.45) is 5.92 Å². The number of rotatable bonds is 7. The second-order valence-corrected chi connectivity index (χ2v) is 3.48. The van der Waals surface area contributed by atoms with Gasteiger partial charge in [0.2, 0.25) is 0 Å². The average Bonchev–Trinajstić information content (AvgIpc) is 2.04. The molecule has 1 N–H and O–H groups in total. The van der Waals surface area contributed by atoms with Gasteiger partial charge in [0.25, 0.3) is 0 Å². The van der Waals surface area contributed by atoms with E-state index in [2.05, 4.69) is 19.2 Å². The largest absolute Gasteiger partial charge is 0.316 e. The van der Waals surface area contributed by atoms with E-state index < -0.39 is 0 Å². The summed E-state index contributed by atoms with van der Waals surface area (Å²) in [5.74, 6) is 1.37. The number of nitrogens with one attached hydrogen (secondary N) is 1. The molecule has 0 fully saturated rings. The standard InChI is InChI=1S/C9H20ClN/c1-3-4-5-6-11-8-9(2)7-10/h9,11H,3-8H2,1-2H3. The highest BCUT2D eigenvalue weighted by molar-refractivity contribution is 6.18. The second-order valence-electron chi connectivity index (χ2n) is 3.17. The smallest absolute Gasteiger partial charge is 0.0261 e. The highest BCUT2D eigenvalue weighted by Gasteiger charge is 1.97. The number of hydrogen-bond acceptors (Lipinski definition) is 1. The van der Waals surface area contributed by atoms with E-state index in [0.717, 1.165) is 19.0 Å². The molecular weight excluding hydrogens is 158 g/mol. The van der Waals surface area contributed by atoms with Crippen LogP contribution >= 0.6 is 11.6 Å². The molecule has 11 heavy (non-hydrogen) atoms. The molecule has 0 saturated heterocycles. The van der Waals surface area contributed by atoms with Crippen molar-refractivity contribution in [3.05, 3.63) is 0 Å². The van der Waals surface area contributed by atoms with Crippen LogP contribution in [0.25, 0.3) is 0 Å². The van der Waals surface area contributed by atoms with Gasteiger partial charge in [-0.2, -0.15) is 0 Å². The molecule has 0 aliphatic rings. The number of alkyl halides is 1. The van der Waals surface area contributed by atoms with Gasteiger partial charge < -0.3 is 5.32 Å². The normalized spacial score (nSPS) is 13.4. The van der Waals surface area contributed by atoms with Crippen LogP contribution in [-0.2, 0) is 0 Å². The SMILES string of the molecule is CCCCCNCC(C)CCl. The monoisotopic (exact) mass is 177 g/mol. The van der Waals surface area contributed by atoms with Crippen molar-refractivity contribution in [2.75, 3.05) is 19.0 Å². The highest BCUT2D eigenvalue weighted by Crippen LogP contribution is 1.96.